The van der Waals surface area contributed by atoms with Gasteiger partial charge in [-0.15, -0.1) is 11.3 Å². The Hall–Kier alpha value is -2.93. The summed E-state index contributed by atoms with van der Waals surface area (Å²) < 4.78 is 24.5. The van der Waals surface area contributed by atoms with Gasteiger partial charge in [0.1, 0.15) is 22.0 Å². The Bertz CT molecular complexity index is 1050. The molecule has 1 heterocycles. The molecule has 3 aromatic rings. The normalized spacial score (nSPS) is 11.3. The third-order valence-corrected chi connectivity index (χ3v) is 5.03. The molecule has 7 heteroatoms. The Kier molecular flexibility index (Phi) is 5.88. The highest BCUT2D eigenvalue weighted by atomic mass is 32.1. The SMILES string of the molecule is CCOC(=O)c1c(NC(=O)OC(C)(C)C)sc2cc(-c3ccc(F)cc3)ccc12. The molecule has 0 atom stereocenters. The quantitative estimate of drug-likeness (QED) is 0.513. The van der Waals surface area contributed by atoms with Crippen LogP contribution in [-0.2, 0) is 9.47 Å². The summed E-state index contributed by atoms with van der Waals surface area (Å²) in [5.41, 5.74) is 1.35. The second-order valence-electron chi connectivity index (χ2n) is 7.37. The van der Waals surface area contributed by atoms with E-state index in [9.17, 15) is 14.0 Å². The lowest BCUT2D eigenvalue weighted by Crippen LogP contribution is -2.27. The molecule has 0 aliphatic heterocycles. The van der Waals surface area contributed by atoms with E-state index in [-0.39, 0.29) is 12.4 Å². The number of rotatable bonds is 4. The zero-order valence-corrected chi connectivity index (χ0v) is 17.5. The van der Waals surface area contributed by atoms with Crippen molar-refractivity contribution >= 4 is 38.5 Å². The first-order valence-electron chi connectivity index (χ1n) is 9.17. The Morgan fingerprint density at radius 3 is 2.34 bits per heavy atom. The van der Waals surface area contributed by atoms with Gasteiger partial charge >= 0.3 is 12.1 Å². The van der Waals surface area contributed by atoms with E-state index in [1.54, 1.807) is 45.9 Å². The van der Waals surface area contributed by atoms with E-state index in [1.807, 2.05) is 12.1 Å². The number of fused-ring (bicyclic) bond motifs is 1. The van der Waals surface area contributed by atoms with Crippen LogP contribution in [0.5, 0.6) is 0 Å². The highest BCUT2D eigenvalue weighted by Crippen LogP contribution is 2.38. The lowest BCUT2D eigenvalue weighted by atomic mass is 10.0. The number of esters is 1. The second-order valence-corrected chi connectivity index (χ2v) is 8.42. The van der Waals surface area contributed by atoms with Gasteiger partial charge < -0.3 is 9.47 Å². The number of hydrogen-bond donors (Lipinski definition) is 1. The largest absolute Gasteiger partial charge is 0.462 e. The van der Waals surface area contributed by atoms with E-state index in [4.69, 9.17) is 9.47 Å². The van der Waals surface area contributed by atoms with Crippen molar-refractivity contribution in [3.8, 4) is 11.1 Å². The summed E-state index contributed by atoms with van der Waals surface area (Å²) in [6.07, 6.45) is -0.645. The number of ether oxygens (including phenoxy) is 2. The summed E-state index contributed by atoms with van der Waals surface area (Å²) in [6.45, 7) is 7.23. The first kappa shape index (κ1) is 20.8. The lowest BCUT2D eigenvalue weighted by Gasteiger charge is -2.19. The van der Waals surface area contributed by atoms with Crippen LogP contribution < -0.4 is 5.32 Å². The minimum absolute atomic E-state index is 0.218. The zero-order valence-electron chi connectivity index (χ0n) is 16.7. The molecule has 29 heavy (non-hydrogen) atoms. The van der Waals surface area contributed by atoms with Crippen molar-refractivity contribution in [3.05, 3.63) is 53.8 Å². The monoisotopic (exact) mass is 415 g/mol. The number of thiophene rings is 1. The van der Waals surface area contributed by atoms with Crippen molar-refractivity contribution in [1.82, 2.24) is 0 Å². The number of anilines is 1. The Balaban J connectivity index is 2.04. The molecule has 2 aromatic carbocycles. The molecule has 5 nitrogen and oxygen atoms in total. The summed E-state index contributed by atoms with van der Waals surface area (Å²) in [5.74, 6) is -0.821. The maximum absolute atomic E-state index is 13.2. The van der Waals surface area contributed by atoms with Gasteiger partial charge in [0.25, 0.3) is 0 Å². The molecule has 0 aliphatic rings. The highest BCUT2D eigenvalue weighted by molar-refractivity contribution is 7.23. The van der Waals surface area contributed by atoms with E-state index < -0.39 is 17.7 Å². The van der Waals surface area contributed by atoms with Gasteiger partial charge in [-0.25, -0.2) is 14.0 Å². The average Bonchev–Trinajstić information content (AvgIpc) is 2.97. The van der Waals surface area contributed by atoms with Crippen LogP contribution in [0.2, 0.25) is 0 Å². The van der Waals surface area contributed by atoms with Crippen LogP contribution in [0.3, 0.4) is 0 Å². The summed E-state index contributed by atoms with van der Waals surface area (Å²) in [6, 6.07) is 11.7. The van der Waals surface area contributed by atoms with Crippen LogP contribution in [0.1, 0.15) is 38.1 Å². The van der Waals surface area contributed by atoms with Gasteiger partial charge in [0.2, 0.25) is 0 Å². The summed E-state index contributed by atoms with van der Waals surface area (Å²) in [4.78, 5) is 24.8. The number of hydrogen-bond acceptors (Lipinski definition) is 5. The lowest BCUT2D eigenvalue weighted by molar-refractivity contribution is 0.0530. The molecule has 1 amide bonds. The fourth-order valence-electron chi connectivity index (χ4n) is 2.81. The predicted octanol–water partition coefficient (Wildman–Crippen LogP) is 6.23. The molecule has 0 spiro atoms. The molecule has 1 aromatic heterocycles. The van der Waals surface area contributed by atoms with E-state index >= 15 is 0 Å². The van der Waals surface area contributed by atoms with Gasteiger partial charge in [-0.1, -0.05) is 24.3 Å². The first-order valence-corrected chi connectivity index (χ1v) is 9.99. The summed E-state index contributed by atoms with van der Waals surface area (Å²) in [5, 5.41) is 3.71. The molecular weight excluding hydrogens is 393 g/mol. The van der Waals surface area contributed by atoms with Gasteiger partial charge in [0.15, 0.2) is 0 Å². The van der Waals surface area contributed by atoms with Crippen LogP contribution in [0.25, 0.3) is 21.2 Å². The number of carbonyl (C=O) groups is 2. The Morgan fingerprint density at radius 1 is 1.07 bits per heavy atom. The number of carbonyl (C=O) groups excluding carboxylic acids is 2. The third kappa shape index (κ3) is 4.92. The fourth-order valence-corrected chi connectivity index (χ4v) is 3.92. The smallest absolute Gasteiger partial charge is 0.412 e. The van der Waals surface area contributed by atoms with Crippen molar-refractivity contribution in [2.45, 2.75) is 33.3 Å². The van der Waals surface area contributed by atoms with Gasteiger partial charge in [-0.05, 0) is 57.0 Å². The summed E-state index contributed by atoms with van der Waals surface area (Å²) >= 11 is 1.26. The van der Waals surface area contributed by atoms with Crippen molar-refractivity contribution < 1.29 is 23.5 Å². The zero-order chi connectivity index (χ0) is 21.2. The number of amides is 1. The van der Waals surface area contributed by atoms with Crippen LogP contribution in [-0.4, -0.2) is 24.3 Å². The molecule has 0 aliphatic carbocycles. The number of nitrogens with one attached hydrogen (secondary N) is 1. The standard InChI is InChI=1S/C22H22FNO4S/c1-5-27-20(25)18-16-11-8-14(13-6-9-15(23)10-7-13)12-17(16)29-19(18)24-21(26)28-22(2,3)4/h6-12H,5H2,1-4H3,(H,24,26). The molecule has 0 saturated heterocycles. The fraction of sp³-hybridized carbons (Fsp3) is 0.273. The molecule has 0 fully saturated rings. The van der Waals surface area contributed by atoms with Crippen LogP contribution in [0.15, 0.2) is 42.5 Å². The Labute approximate surface area is 172 Å². The highest BCUT2D eigenvalue weighted by Gasteiger charge is 2.24. The molecule has 0 bridgehead atoms. The van der Waals surface area contributed by atoms with E-state index in [0.29, 0.717) is 16.0 Å². The second kappa shape index (κ2) is 8.21. The molecular formula is C22H22FNO4S. The van der Waals surface area contributed by atoms with E-state index in [0.717, 1.165) is 15.8 Å². The van der Waals surface area contributed by atoms with Crippen molar-refractivity contribution in [2.24, 2.45) is 0 Å². The van der Waals surface area contributed by atoms with Gasteiger partial charge in [-0.2, -0.15) is 0 Å². The van der Waals surface area contributed by atoms with Gasteiger partial charge in [-0.3, -0.25) is 5.32 Å². The van der Waals surface area contributed by atoms with Crippen molar-refractivity contribution in [2.75, 3.05) is 11.9 Å². The van der Waals surface area contributed by atoms with Gasteiger partial charge in [0, 0.05) is 10.1 Å². The predicted molar refractivity (Wildman–Crippen MR) is 113 cm³/mol. The molecule has 1 N–H and O–H groups in total. The summed E-state index contributed by atoms with van der Waals surface area (Å²) in [7, 11) is 0. The maximum atomic E-state index is 13.2. The number of halogens is 1. The molecule has 152 valence electrons. The minimum atomic E-state index is -0.666. The van der Waals surface area contributed by atoms with Crippen LogP contribution in [0, 0.1) is 5.82 Å². The van der Waals surface area contributed by atoms with Crippen LogP contribution >= 0.6 is 11.3 Å². The molecule has 0 unspecified atom stereocenters. The minimum Gasteiger partial charge on any atom is -0.462 e. The Morgan fingerprint density at radius 2 is 1.72 bits per heavy atom. The van der Waals surface area contributed by atoms with Gasteiger partial charge in [0.05, 0.1) is 6.61 Å². The first-order chi connectivity index (χ1) is 13.7. The molecule has 0 saturated carbocycles. The van der Waals surface area contributed by atoms with E-state index in [2.05, 4.69) is 5.32 Å². The third-order valence-electron chi connectivity index (χ3n) is 3.96. The topological polar surface area (TPSA) is 64.6 Å². The van der Waals surface area contributed by atoms with Crippen LogP contribution in [0.4, 0.5) is 14.2 Å². The van der Waals surface area contributed by atoms with Crippen molar-refractivity contribution in [1.29, 1.82) is 0 Å². The average molecular weight is 415 g/mol. The van der Waals surface area contributed by atoms with E-state index in [1.165, 1.54) is 23.5 Å². The molecule has 3 rings (SSSR count). The maximum Gasteiger partial charge on any atom is 0.412 e. The number of benzene rings is 2. The van der Waals surface area contributed by atoms with Crippen molar-refractivity contribution in [3.63, 3.8) is 0 Å². The molecule has 0 radical (unpaired) electrons.